The number of ether oxygens (including phenoxy) is 1. The van der Waals surface area contributed by atoms with E-state index in [-0.39, 0.29) is 6.61 Å². The molecule has 1 aromatic heterocycles. The molecule has 5 heteroatoms. The second-order valence-corrected chi connectivity index (χ2v) is 5.42. The minimum atomic E-state index is 0.258. The van der Waals surface area contributed by atoms with Gasteiger partial charge in [-0.25, -0.2) is 0 Å². The molecule has 3 heterocycles. The maximum atomic E-state index is 9.21. The van der Waals surface area contributed by atoms with Gasteiger partial charge in [-0.3, -0.25) is 0 Å². The van der Waals surface area contributed by atoms with Crippen molar-refractivity contribution in [3.63, 3.8) is 0 Å². The van der Waals surface area contributed by atoms with Crippen LogP contribution < -0.4 is 0 Å². The lowest BCUT2D eigenvalue weighted by Crippen LogP contribution is -2.26. The molecular weight excluding hydrogens is 230 g/mol. The lowest BCUT2D eigenvalue weighted by Gasteiger charge is -2.24. The summed E-state index contributed by atoms with van der Waals surface area (Å²) in [6, 6.07) is 0. The summed E-state index contributed by atoms with van der Waals surface area (Å²) in [6.07, 6.45) is 6.68. The lowest BCUT2D eigenvalue weighted by atomic mass is 9.98. The normalized spacial score (nSPS) is 28.1. The Hall–Kier alpha value is -0.940. The van der Waals surface area contributed by atoms with E-state index in [1.165, 1.54) is 12.8 Å². The van der Waals surface area contributed by atoms with Gasteiger partial charge in [-0.15, -0.1) is 10.2 Å². The maximum Gasteiger partial charge on any atom is 0.135 e. The summed E-state index contributed by atoms with van der Waals surface area (Å²) >= 11 is 0. The van der Waals surface area contributed by atoms with E-state index in [4.69, 9.17) is 4.74 Å². The Morgan fingerprint density at radius 2 is 2.22 bits per heavy atom. The molecule has 2 aliphatic rings. The molecule has 5 nitrogen and oxygen atoms in total. The molecule has 100 valence electrons. The summed E-state index contributed by atoms with van der Waals surface area (Å²) in [5.41, 5.74) is 0. The van der Waals surface area contributed by atoms with Crippen molar-refractivity contribution in [2.45, 2.75) is 51.2 Å². The fourth-order valence-corrected chi connectivity index (χ4v) is 2.93. The highest BCUT2D eigenvalue weighted by molar-refractivity contribution is 5.01. The van der Waals surface area contributed by atoms with Gasteiger partial charge in [0.25, 0.3) is 0 Å². The molecule has 0 amide bonds. The predicted octanol–water partition coefficient (Wildman–Crippen LogP) is 0.944. The van der Waals surface area contributed by atoms with Crippen LogP contribution >= 0.6 is 0 Å². The maximum absolute atomic E-state index is 9.21. The third kappa shape index (κ3) is 2.42. The first-order valence-corrected chi connectivity index (χ1v) is 7.00. The first-order chi connectivity index (χ1) is 8.86. The van der Waals surface area contributed by atoms with Crippen LogP contribution in [0.1, 0.15) is 37.3 Å². The fraction of sp³-hybridized carbons (Fsp3) is 0.846. The number of fused-ring (bicyclic) bond motifs is 1. The van der Waals surface area contributed by atoms with Gasteiger partial charge in [0.1, 0.15) is 11.6 Å². The molecule has 1 aromatic rings. The van der Waals surface area contributed by atoms with Crippen LogP contribution in [0.3, 0.4) is 0 Å². The Labute approximate surface area is 107 Å². The molecule has 18 heavy (non-hydrogen) atoms. The van der Waals surface area contributed by atoms with Gasteiger partial charge < -0.3 is 14.4 Å². The number of nitrogens with zero attached hydrogens (tertiary/aromatic N) is 3. The van der Waals surface area contributed by atoms with Crippen molar-refractivity contribution in [3.05, 3.63) is 11.6 Å². The first-order valence-electron chi connectivity index (χ1n) is 7.00. The summed E-state index contributed by atoms with van der Waals surface area (Å²) in [4.78, 5) is 0. The van der Waals surface area contributed by atoms with E-state index in [0.717, 1.165) is 50.5 Å². The van der Waals surface area contributed by atoms with E-state index < -0.39 is 0 Å². The van der Waals surface area contributed by atoms with Gasteiger partial charge in [0.05, 0.1) is 6.10 Å². The molecule has 2 atom stereocenters. The first kappa shape index (κ1) is 12.1. The van der Waals surface area contributed by atoms with Crippen molar-refractivity contribution in [2.24, 2.45) is 5.92 Å². The van der Waals surface area contributed by atoms with Crippen molar-refractivity contribution >= 4 is 0 Å². The highest BCUT2D eigenvalue weighted by Gasteiger charge is 2.24. The number of hydrogen-bond donors (Lipinski definition) is 1. The van der Waals surface area contributed by atoms with Crippen molar-refractivity contribution in [2.75, 3.05) is 13.2 Å². The van der Waals surface area contributed by atoms with Gasteiger partial charge in [0.15, 0.2) is 0 Å². The zero-order valence-corrected chi connectivity index (χ0v) is 10.7. The molecule has 0 spiro atoms. The largest absolute Gasteiger partial charge is 0.396 e. The Kier molecular flexibility index (Phi) is 3.61. The van der Waals surface area contributed by atoms with Crippen LogP contribution in [-0.2, 0) is 24.1 Å². The van der Waals surface area contributed by atoms with Crippen LogP contribution in [0.15, 0.2) is 0 Å². The molecule has 2 unspecified atom stereocenters. The topological polar surface area (TPSA) is 60.2 Å². The number of aliphatic hydroxyl groups is 1. The third-order valence-corrected chi connectivity index (χ3v) is 4.08. The highest BCUT2D eigenvalue weighted by atomic mass is 16.5. The molecule has 3 rings (SSSR count). The Morgan fingerprint density at radius 1 is 1.28 bits per heavy atom. The van der Waals surface area contributed by atoms with Gasteiger partial charge in [-0.05, 0) is 31.6 Å². The van der Waals surface area contributed by atoms with Gasteiger partial charge >= 0.3 is 0 Å². The average Bonchev–Trinajstić information content (AvgIpc) is 2.82. The molecule has 1 fully saturated rings. The number of rotatable bonds is 3. The van der Waals surface area contributed by atoms with Gasteiger partial charge in [-0.2, -0.15) is 0 Å². The van der Waals surface area contributed by atoms with Crippen LogP contribution in [0.4, 0.5) is 0 Å². The van der Waals surface area contributed by atoms with Crippen molar-refractivity contribution in [1.82, 2.24) is 14.8 Å². The Bertz CT molecular complexity index is 399. The molecule has 0 saturated carbocycles. The van der Waals surface area contributed by atoms with E-state index in [0.29, 0.717) is 12.0 Å². The smallest absolute Gasteiger partial charge is 0.135 e. The molecule has 2 aliphatic heterocycles. The highest BCUT2D eigenvalue weighted by Crippen LogP contribution is 2.22. The molecule has 0 bridgehead atoms. The fourth-order valence-electron chi connectivity index (χ4n) is 2.93. The summed E-state index contributed by atoms with van der Waals surface area (Å²) in [6.45, 7) is 2.09. The SMILES string of the molecule is OCC1CCn2c(nnc2CC2CCCCO2)C1. The lowest BCUT2D eigenvalue weighted by molar-refractivity contribution is 0.0149. The van der Waals surface area contributed by atoms with Crippen molar-refractivity contribution in [3.8, 4) is 0 Å². The van der Waals surface area contributed by atoms with E-state index in [9.17, 15) is 5.11 Å². The summed E-state index contributed by atoms with van der Waals surface area (Å²) in [7, 11) is 0. The Balaban J connectivity index is 1.68. The van der Waals surface area contributed by atoms with E-state index in [1.807, 2.05) is 0 Å². The van der Waals surface area contributed by atoms with Crippen LogP contribution in [-0.4, -0.2) is 39.2 Å². The van der Waals surface area contributed by atoms with Gasteiger partial charge in [-0.1, -0.05) is 0 Å². The summed E-state index contributed by atoms with van der Waals surface area (Å²) in [5, 5.41) is 17.8. The zero-order valence-electron chi connectivity index (χ0n) is 10.7. The minimum Gasteiger partial charge on any atom is -0.396 e. The minimum absolute atomic E-state index is 0.258. The van der Waals surface area contributed by atoms with Gasteiger partial charge in [0, 0.05) is 32.6 Å². The predicted molar refractivity (Wildman–Crippen MR) is 66.2 cm³/mol. The standard InChI is InChI=1S/C13H21N3O2/c17-9-10-4-5-16-12(7-10)14-15-13(16)8-11-3-1-2-6-18-11/h10-11,17H,1-9H2. The third-order valence-electron chi connectivity index (χ3n) is 4.08. The van der Waals surface area contributed by atoms with Gasteiger partial charge in [0.2, 0.25) is 0 Å². The molecule has 0 aliphatic carbocycles. The van der Waals surface area contributed by atoms with E-state index in [1.54, 1.807) is 0 Å². The Morgan fingerprint density at radius 3 is 3.00 bits per heavy atom. The quantitative estimate of drug-likeness (QED) is 0.868. The molecule has 0 aromatic carbocycles. The van der Waals surface area contributed by atoms with Crippen LogP contribution in [0.2, 0.25) is 0 Å². The zero-order chi connectivity index (χ0) is 12.4. The summed E-state index contributed by atoms with van der Waals surface area (Å²) in [5.74, 6) is 2.46. The molecule has 1 N–H and O–H groups in total. The van der Waals surface area contributed by atoms with E-state index in [2.05, 4.69) is 14.8 Å². The van der Waals surface area contributed by atoms with Crippen LogP contribution in [0.5, 0.6) is 0 Å². The second-order valence-electron chi connectivity index (χ2n) is 5.42. The van der Waals surface area contributed by atoms with Crippen LogP contribution in [0.25, 0.3) is 0 Å². The monoisotopic (exact) mass is 251 g/mol. The molecular formula is C13H21N3O2. The number of hydrogen-bond acceptors (Lipinski definition) is 4. The second kappa shape index (κ2) is 5.36. The average molecular weight is 251 g/mol. The summed E-state index contributed by atoms with van der Waals surface area (Å²) < 4.78 is 7.99. The van der Waals surface area contributed by atoms with Crippen molar-refractivity contribution < 1.29 is 9.84 Å². The number of aromatic nitrogens is 3. The van der Waals surface area contributed by atoms with Crippen LogP contribution in [0, 0.1) is 5.92 Å². The van der Waals surface area contributed by atoms with Crippen molar-refractivity contribution in [1.29, 1.82) is 0 Å². The number of aliphatic hydroxyl groups excluding tert-OH is 1. The van der Waals surface area contributed by atoms with E-state index >= 15 is 0 Å². The molecule has 0 radical (unpaired) electrons. The molecule has 1 saturated heterocycles.